The third-order valence-electron chi connectivity index (χ3n) is 4.03. The molecule has 1 saturated carbocycles. The summed E-state index contributed by atoms with van der Waals surface area (Å²) in [6, 6.07) is 3.35. The number of likely N-dealkylation sites (N-methyl/N-ethyl adjacent to an activating group) is 1. The van der Waals surface area contributed by atoms with Crippen molar-refractivity contribution in [1.29, 1.82) is 0 Å². The molecule has 1 aromatic carbocycles. The van der Waals surface area contributed by atoms with Gasteiger partial charge >= 0.3 is 0 Å². The van der Waals surface area contributed by atoms with Crippen molar-refractivity contribution in [3.05, 3.63) is 33.8 Å². The molecule has 1 fully saturated rings. The van der Waals surface area contributed by atoms with Gasteiger partial charge in [0.05, 0.1) is 4.47 Å². The van der Waals surface area contributed by atoms with Crippen LogP contribution in [0.4, 0.5) is 8.78 Å². The van der Waals surface area contributed by atoms with Gasteiger partial charge in [0.15, 0.2) is 0 Å². The molecule has 1 N–H and O–H groups in total. The van der Waals surface area contributed by atoms with Gasteiger partial charge < -0.3 is 10.2 Å². The van der Waals surface area contributed by atoms with E-state index >= 15 is 0 Å². The Morgan fingerprint density at radius 1 is 1.30 bits per heavy atom. The summed E-state index contributed by atoms with van der Waals surface area (Å²) in [6.45, 7) is 1.86. The van der Waals surface area contributed by atoms with Crippen LogP contribution in [0.3, 0.4) is 0 Å². The van der Waals surface area contributed by atoms with E-state index in [0.29, 0.717) is 10.5 Å². The minimum absolute atomic E-state index is 0.0999. The largest absolute Gasteiger partial charge is 0.311 e. The molecule has 112 valence electrons. The van der Waals surface area contributed by atoms with Crippen molar-refractivity contribution < 1.29 is 8.78 Å². The molecule has 0 atom stereocenters. The maximum absolute atomic E-state index is 13.8. The Morgan fingerprint density at radius 2 is 2.00 bits per heavy atom. The minimum Gasteiger partial charge on any atom is -0.311 e. The van der Waals surface area contributed by atoms with Crippen molar-refractivity contribution in [3.8, 4) is 0 Å². The van der Waals surface area contributed by atoms with Crippen LogP contribution < -0.4 is 5.32 Å². The van der Waals surface area contributed by atoms with Gasteiger partial charge in [0.2, 0.25) is 0 Å². The number of nitrogens with one attached hydrogen (secondary N) is 1. The fraction of sp³-hybridized carbons (Fsp3) is 0.600. The lowest BCUT2D eigenvalue weighted by molar-refractivity contribution is 0.245. The van der Waals surface area contributed by atoms with Crippen LogP contribution in [-0.4, -0.2) is 31.1 Å². The second-order valence-corrected chi connectivity index (χ2v) is 6.27. The zero-order valence-electron chi connectivity index (χ0n) is 11.8. The zero-order chi connectivity index (χ0) is 14.5. The molecule has 20 heavy (non-hydrogen) atoms. The van der Waals surface area contributed by atoms with Gasteiger partial charge in [-0.05, 0) is 48.0 Å². The summed E-state index contributed by atoms with van der Waals surface area (Å²) in [7, 11) is 2.12. The average molecular weight is 347 g/mol. The Hall–Kier alpha value is -0.520. The van der Waals surface area contributed by atoms with E-state index in [9.17, 15) is 8.78 Å². The minimum atomic E-state index is -0.512. The SMILES string of the molecule is CN(CCNCc1c(F)ccc(Br)c1F)C1CCCC1. The number of nitrogens with zero attached hydrogens (tertiary/aromatic N) is 1. The summed E-state index contributed by atoms with van der Waals surface area (Å²) in [4.78, 5) is 2.34. The topological polar surface area (TPSA) is 15.3 Å². The molecule has 0 radical (unpaired) electrons. The van der Waals surface area contributed by atoms with E-state index in [4.69, 9.17) is 0 Å². The first-order chi connectivity index (χ1) is 9.59. The fourth-order valence-corrected chi connectivity index (χ4v) is 3.10. The molecule has 5 heteroatoms. The van der Waals surface area contributed by atoms with Crippen molar-refractivity contribution in [2.75, 3.05) is 20.1 Å². The van der Waals surface area contributed by atoms with Gasteiger partial charge in [0.25, 0.3) is 0 Å². The Kier molecular flexibility index (Phi) is 5.93. The normalized spacial score (nSPS) is 16.2. The van der Waals surface area contributed by atoms with E-state index in [2.05, 4.69) is 33.2 Å². The number of hydrogen-bond acceptors (Lipinski definition) is 2. The van der Waals surface area contributed by atoms with Crippen LogP contribution in [-0.2, 0) is 6.54 Å². The van der Waals surface area contributed by atoms with E-state index in [1.54, 1.807) is 0 Å². The van der Waals surface area contributed by atoms with E-state index < -0.39 is 11.6 Å². The molecule has 1 aromatic rings. The van der Waals surface area contributed by atoms with Crippen LogP contribution in [0.2, 0.25) is 0 Å². The van der Waals surface area contributed by atoms with Crippen molar-refractivity contribution in [2.24, 2.45) is 0 Å². The summed E-state index contributed by atoms with van der Waals surface area (Å²) < 4.78 is 27.6. The van der Waals surface area contributed by atoms with Gasteiger partial charge in [-0.25, -0.2) is 8.78 Å². The quantitative estimate of drug-likeness (QED) is 0.624. The Labute approximate surface area is 127 Å². The first-order valence-electron chi connectivity index (χ1n) is 7.13. The molecule has 0 saturated heterocycles. The fourth-order valence-electron chi connectivity index (χ4n) is 2.73. The number of benzene rings is 1. The summed E-state index contributed by atoms with van der Waals surface area (Å²) >= 11 is 3.08. The standard InChI is InChI=1S/C15H21BrF2N2/c1-20(11-4-2-3-5-11)9-8-19-10-12-14(17)7-6-13(16)15(12)18/h6-7,11,19H,2-5,8-10H2,1H3. The monoisotopic (exact) mass is 346 g/mol. The third-order valence-corrected chi connectivity index (χ3v) is 4.64. The van der Waals surface area contributed by atoms with E-state index in [-0.39, 0.29) is 12.1 Å². The van der Waals surface area contributed by atoms with Crippen molar-refractivity contribution >= 4 is 15.9 Å². The van der Waals surface area contributed by atoms with Gasteiger partial charge in [0, 0.05) is 31.2 Å². The molecule has 0 amide bonds. The third kappa shape index (κ3) is 3.99. The summed E-state index contributed by atoms with van der Waals surface area (Å²) in [6.07, 6.45) is 5.17. The van der Waals surface area contributed by atoms with E-state index in [0.717, 1.165) is 13.1 Å². The predicted molar refractivity (Wildman–Crippen MR) is 80.7 cm³/mol. The van der Waals surface area contributed by atoms with Crippen LogP contribution in [0.15, 0.2) is 16.6 Å². The highest BCUT2D eigenvalue weighted by molar-refractivity contribution is 9.10. The van der Waals surface area contributed by atoms with Crippen LogP contribution in [0.1, 0.15) is 31.2 Å². The Morgan fingerprint density at radius 3 is 2.70 bits per heavy atom. The number of hydrogen-bond donors (Lipinski definition) is 1. The highest BCUT2D eigenvalue weighted by Crippen LogP contribution is 2.22. The van der Waals surface area contributed by atoms with Gasteiger partial charge in [0.1, 0.15) is 11.6 Å². The van der Waals surface area contributed by atoms with Gasteiger partial charge in [-0.2, -0.15) is 0 Å². The molecule has 1 aliphatic carbocycles. The van der Waals surface area contributed by atoms with Gasteiger partial charge in [-0.1, -0.05) is 12.8 Å². The van der Waals surface area contributed by atoms with Crippen LogP contribution >= 0.6 is 15.9 Å². The van der Waals surface area contributed by atoms with Crippen molar-refractivity contribution in [3.63, 3.8) is 0 Å². The molecule has 1 aliphatic rings. The molecule has 0 aliphatic heterocycles. The van der Waals surface area contributed by atoms with Crippen molar-refractivity contribution in [1.82, 2.24) is 10.2 Å². The van der Waals surface area contributed by atoms with Crippen LogP contribution in [0.25, 0.3) is 0 Å². The molecule has 0 unspecified atom stereocenters. The molecule has 0 bridgehead atoms. The molecule has 0 aromatic heterocycles. The highest BCUT2D eigenvalue weighted by Gasteiger charge is 2.19. The number of rotatable bonds is 6. The Balaban J connectivity index is 1.77. The lowest BCUT2D eigenvalue weighted by atomic mass is 10.2. The molecular formula is C15H21BrF2N2. The molecule has 0 heterocycles. The molecule has 2 nitrogen and oxygen atoms in total. The predicted octanol–water partition coefficient (Wildman–Crippen LogP) is 3.69. The van der Waals surface area contributed by atoms with Gasteiger partial charge in [-0.15, -0.1) is 0 Å². The lowest BCUT2D eigenvalue weighted by Crippen LogP contribution is -2.35. The van der Waals surface area contributed by atoms with E-state index in [1.807, 2.05) is 0 Å². The van der Waals surface area contributed by atoms with E-state index in [1.165, 1.54) is 37.8 Å². The molecule has 0 spiro atoms. The maximum Gasteiger partial charge on any atom is 0.144 e. The second kappa shape index (κ2) is 7.48. The zero-order valence-corrected chi connectivity index (χ0v) is 13.3. The molecule has 2 rings (SSSR count). The van der Waals surface area contributed by atoms with Crippen molar-refractivity contribution in [2.45, 2.75) is 38.3 Å². The van der Waals surface area contributed by atoms with Gasteiger partial charge in [-0.3, -0.25) is 0 Å². The Bertz CT molecular complexity index is 448. The summed E-state index contributed by atoms with van der Waals surface area (Å²) in [5.74, 6) is -1.01. The average Bonchev–Trinajstić information content (AvgIpc) is 2.96. The smallest absolute Gasteiger partial charge is 0.144 e. The second-order valence-electron chi connectivity index (χ2n) is 5.42. The summed E-state index contributed by atoms with van der Waals surface area (Å²) in [5.41, 5.74) is 0.0999. The first kappa shape index (κ1) is 15.9. The highest BCUT2D eigenvalue weighted by atomic mass is 79.9. The maximum atomic E-state index is 13.8. The summed E-state index contributed by atoms with van der Waals surface area (Å²) in [5, 5.41) is 3.12. The van der Waals surface area contributed by atoms with Crippen LogP contribution in [0, 0.1) is 11.6 Å². The number of halogens is 3. The van der Waals surface area contributed by atoms with Crippen LogP contribution in [0.5, 0.6) is 0 Å². The first-order valence-corrected chi connectivity index (χ1v) is 7.92. The lowest BCUT2D eigenvalue weighted by Gasteiger charge is -2.24. The molecular weight excluding hydrogens is 326 g/mol.